The van der Waals surface area contributed by atoms with Gasteiger partial charge < -0.3 is 10.1 Å². The van der Waals surface area contributed by atoms with Gasteiger partial charge >= 0.3 is 5.69 Å². The number of nitro groups is 1. The number of nitrogens with one attached hydrogen (secondary N) is 1. The van der Waals surface area contributed by atoms with Gasteiger partial charge in [0.15, 0.2) is 0 Å². The van der Waals surface area contributed by atoms with Crippen molar-refractivity contribution in [1.29, 1.82) is 0 Å². The van der Waals surface area contributed by atoms with Crippen molar-refractivity contribution >= 4 is 5.69 Å². The van der Waals surface area contributed by atoms with Crippen LogP contribution in [0.1, 0.15) is 24.8 Å². The van der Waals surface area contributed by atoms with Crippen LogP contribution in [0, 0.1) is 15.9 Å². The molecule has 0 aliphatic heterocycles. The van der Waals surface area contributed by atoms with Gasteiger partial charge in [-0.1, -0.05) is 12.1 Å². The number of hydrogen-bond donors (Lipinski definition) is 1. The van der Waals surface area contributed by atoms with Crippen LogP contribution in [-0.4, -0.2) is 24.2 Å². The lowest BCUT2D eigenvalue weighted by Gasteiger charge is -2.13. The molecule has 2 rings (SSSR count). The minimum Gasteiger partial charge on any atom is -0.381 e. The first-order valence-corrected chi connectivity index (χ1v) is 6.29. The molecule has 0 spiro atoms. The van der Waals surface area contributed by atoms with Crippen LogP contribution in [0.5, 0.6) is 0 Å². The first kappa shape index (κ1) is 13.9. The molecule has 0 aromatic heterocycles. The largest absolute Gasteiger partial charge is 0.381 e. The van der Waals surface area contributed by atoms with Crippen molar-refractivity contribution in [2.75, 3.05) is 7.11 Å². The fraction of sp³-hybridized carbons (Fsp3) is 0.538. The van der Waals surface area contributed by atoms with E-state index in [1.807, 2.05) is 0 Å². The number of benzene rings is 1. The Morgan fingerprint density at radius 2 is 2.32 bits per heavy atom. The molecule has 1 aromatic carbocycles. The van der Waals surface area contributed by atoms with E-state index in [0.29, 0.717) is 12.1 Å². The lowest BCUT2D eigenvalue weighted by molar-refractivity contribution is -0.387. The third-order valence-corrected chi connectivity index (χ3v) is 3.55. The monoisotopic (exact) mass is 268 g/mol. The molecule has 1 saturated carbocycles. The van der Waals surface area contributed by atoms with Gasteiger partial charge in [-0.3, -0.25) is 10.1 Å². The van der Waals surface area contributed by atoms with Gasteiger partial charge in [0.2, 0.25) is 5.82 Å². The average Bonchev–Trinajstić information content (AvgIpc) is 2.85. The van der Waals surface area contributed by atoms with Gasteiger partial charge in [-0.05, 0) is 19.3 Å². The fourth-order valence-corrected chi connectivity index (χ4v) is 2.44. The van der Waals surface area contributed by atoms with Crippen LogP contribution in [0.3, 0.4) is 0 Å². The third kappa shape index (κ3) is 3.27. The summed E-state index contributed by atoms with van der Waals surface area (Å²) in [6, 6.07) is 4.53. The Kier molecular flexibility index (Phi) is 4.44. The van der Waals surface area contributed by atoms with E-state index >= 15 is 0 Å². The number of nitrogens with zero attached hydrogens (tertiary/aromatic N) is 1. The highest BCUT2D eigenvalue weighted by molar-refractivity contribution is 5.36. The summed E-state index contributed by atoms with van der Waals surface area (Å²) in [4.78, 5) is 9.95. The van der Waals surface area contributed by atoms with Crippen LogP contribution in [0.4, 0.5) is 10.1 Å². The van der Waals surface area contributed by atoms with Crippen LogP contribution in [0.15, 0.2) is 18.2 Å². The molecule has 2 unspecified atom stereocenters. The number of hydrogen-bond acceptors (Lipinski definition) is 4. The Morgan fingerprint density at radius 1 is 1.53 bits per heavy atom. The maximum absolute atomic E-state index is 13.8. The molecule has 104 valence electrons. The number of rotatable bonds is 5. The van der Waals surface area contributed by atoms with Crippen molar-refractivity contribution < 1.29 is 14.1 Å². The van der Waals surface area contributed by atoms with Gasteiger partial charge in [0.1, 0.15) is 0 Å². The summed E-state index contributed by atoms with van der Waals surface area (Å²) in [6.45, 7) is 0.300. The molecular weight excluding hydrogens is 251 g/mol. The summed E-state index contributed by atoms with van der Waals surface area (Å²) < 4.78 is 19.1. The lowest BCUT2D eigenvalue weighted by Crippen LogP contribution is -2.27. The van der Waals surface area contributed by atoms with Crippen molar-refractivity contribution in [3.63, 3.8) is 0 Å². The summed E-state index contributed by atoms with van der Waals surface area (Å²) in [5, 5.41) is 13.9. The van der Waals surface area contributed by atoms with Crippen molar-refractivity contribution in [2.45, 2.75) is 38.0 Å². The highest BCUT2D eigenvalue weighted by Crippen LogP contribution is 2.23. The average molecular weight is 268 g/mol. The summed E-state index contributed by atoms with van der Waals surface area (Å²) in [5.74, 6) is -0.749. The molecule has 1 aromatic rings. The third-order valence-electron chi connectivity index (χ3n) is 3.55. The maximum Gasteiger partial charge on any atom is 0.305 e. The molecule has 2 atom stereocenters. The van der Waals surface area contributed by atoms with E-state index in [9.17, 15) is 14.5 Å². The first-order valence-electron chi connectivity index (χ1n) is 6.29. The molecule has 1 fully saturated rings. The quantitative estimate of drug-likeness (QED) is 0.658. The number of ether oxygens (including phenoxy) is 1. The molecule has 1 aliphatic carbocycles. The van der Waals surface area contributed by atoms with E-state index < -0.39 is 16.4 Å². The van der Waals surface area contributed by atoms with Crippen molar-refractivity contribution in [3.8, 4) is 0 Å². The predicted molar refractivity (Wildman–Crippen MR) is 68.3 cm³/mol. The lowest BCUT2D eigenvalue weighted by atomic mass is 10.1. The van der Waals surface area contributed by atoms with Gasteiger partial charge in [-0.25, -0.2) is 0 Å². The van der Waals surface area contributed by atoms with Crippen LogP contribution in [0.25, 0.3) is 0 Å². The van der Waals surface area contributed by atoms with Crippen LogP contribution >= 0.6 is 0 Å². The van der Waals surface area contributed by atoms with Crippen LogP contribution in [-0.2, 0) is 11.3 Å². The Balaban J connectivity index is 1.97. The minimum absolute atomic E-state index is 0.257. The molecule has 0 radical (unpaired) electrons. The summed E-state index contributed by atoms with van der Waals surface area (Å²) >= 11 is 0. The zero-order chi connectivity index (χ0) is 13.8. The van der Waals surface area contributed by atoms with Gasteiger partial charge in [0.25, 0.3) is 0 Å². The van der Waals surface area contributed by atoms with Gasteiger partial charge in [-0.2, -0.15) is 4.39 Å². The zero-order valence-electron chi connectivity index (χ0n) is 10.8. The van der Waals surface area contributed by atoms with E-state index in [0.717, 1.165) is 19.3 Å². The number of halogens is 1. The normalized spacial score (nSPS) is 22.6. The highest BCUT2D eigenvalue weighted by atomic mass is 19.1. The Labute approximate surface area is 110 Å². The molecule has 0 amide bonds. The molecule has 19 heavy (non-hydrogen) atoms. The molecule has 1 aliphatic rings. The molecular formula is C13H17FN2O3. The smallest absolute Gasteiger partial charge is 0.305 e. The first-order chi connectivity index (χ1) is 9.11. The molecule has 6 heteroatoms. The second-order valence-corrected chi connectivity index (χ2v) is 4.76. The summed E-state index contributed by atoms with van der Waals surface area (Å²) in [6.07, 6.45) is 3.13. The van der Waals surface area contributed by atoms with Crippen molar-refractivity contribution in [2.24, 2.45) is 0 Å². The SMILES string of the molecule is COC1CCC(NCc2cccc([N+](=O)[O-])c2F)C1. The minimum atomic E-state index is -0.749. The molecule has 0 saturated heterocycles. The summed E-state index contributed by atoms with van der Waals surface area (Å²) in [7, 11) is 1.69. The number of methoxy groups -OCH3 is 1. The number of nitro benzene ring substituents is 1. The van der Waals surface area contributed by atoms with Gasteiger partial charge in [0.05, 0.1) is 11.0 Å². The fourth-order valence-electron chi connectivity index (χ4n) is 2.44. The van der Waals surface area contributed by atoms with E-state index in [2.05, 4.69) is 5.32 Å². The molecule has 1 N–H and O–H groups in total. The second kappa shape index (κ2) is 6.08. The molecule has 0 bridgehead atoms. The zero-order valence-corrected chi connectivity index (χ0v) is 10.8. The van der Waals surface area contributed by atoms with Crippen LogP contribution < -0.4 is 5.32 Å². The van der Waals surface area contributed by atoms with E-state index in [1.165, 1.54) is 12.1 Å². The molecule has 5 nitrogen and oxygen atoms in total. The standard InChI is InChI=1S/C13H17FN2O3/c1-19-11-6-5-10(7-11)15-8-9-3-2-4-12(13(9)14)16(17)18/h2-4,10-11,15H,5-8H2,1H3. The van der Waals surface area contributed by atoms with E-state index in [-0.39, 0.29) is 12.1 Å². The Hall–Kier alpha value is -1.53. The Morgan fingerprint density at radius 3 is 2.95 bits per heavy atom. The summed E-state index contributed by atoms with van der Waals surface area (Å²) in [5.41, 5.74) is -0.143. The van der Waals surface area contributed by atoms with Crippen molar-refractivity contribution in [3.05, 3.63) is 39.7 Å². The van der Waals surface area contributed by atoms with Crippen molar-refractivity contribution in [1.82, 2.24) is 5.32 Å². The molecule has 0 heterocycles. The highest BCUT2D eigenvalue weighted by Gasteiger charge is 2.24. The maximum atomic E-state index is 13.8. The van der Waals surface area contributed by atoms with Crippen LogP contribution in [0.2, 0.25) is 0 Å². The van der Waals surface area contributed by atoms with E-state index in [4.69, 9.17) is 4.74 Å². The van der Waals surface area contributed by atoms with E-state index in [1.54, 1.807) is 13.2 Å². The topological polar surface area (TPSA) is 64.4 Å². The van der Waals surface area contributed by atoms with Gasteiger partial charge in [0, 0.05) is 31.3 Å². The predicted octanol–water partition coefficient (Wildman–Crippen LogP) is 2.39. The Bertz CT molecular complexity index is 467. The second-order valence-electron chi connectivity index (χ2n) is 4.76. The van der Waals surface area contributed by atoms with Gasteiger partial charge in [-0.15, -0.1) is 0 Å².